The van der Waals surface area contributed by atoms with Crippen molar-refractivity contribution < 1.29 is 4.39 Å². The van der Waals surface area contributed by atoms with E-state index in [-0.39, 0.29) is 11.9 Å². The summed E-state index contributed by atoms with van der Waals surface area (Å²) in [6, 6.07) is 12.5. The second-order valence-electron chi connectivity index (χ2n) is 5.35. The third-order valence-electron chi connectivity index (χ3n) is 3.98. The first-order valence-corrected chi connectivity index (χ1v) is 6.99. The third-order valence-corrected chi connectivity index (χ3v) is 3.98. The van der Waals surface area contributed by atoms with E-state index < -0.39 is 0 Å². The zero-order chi connectivity index (χ0) is 14.4. The lowest BCUT2D eigenvalue weighted by Gasteiger charge is -2.26. The zero-order valence-corrected chi connectivity index (χ0v) is 11.4. The summed E-state index contributed by atoms with van der Waals surface area (Å²) >= 11 is 0. The molecule has 1 aliphatic heterocycles. The molecule has 3 aromatic rings. The van der Waals surface area contributed by atoms with E-state index in [1.807, 2.05) is 35.0 Å². The summed E-state index contributed by atoms with van der Waals surface area (Å²) in [6.45, 7) is 0.868. The van der Waals surface area contributed by atoms with Crippen LogP contribution in [-0.2, 0) is 0 Å². The van der Waals surface area contributed by atoms with Gasteiger partial charge in [0.25, 0.3) is 0 Å². The van der Waals surface area contributed by atoms with Crippen LogP contribution in [0.5, 0.6) is 0 Å². The number of nitrogen functional groups attached to an aromatic ring is 1. The molecule has 1 aromatic heterocycles. The molecule has 21 heavy (non-hydrogen) atoms. The summed E-state index contributed by atoms with van der Waals surface area (Å²) in [6.07, 6.45) is 0.919. The van der Waals surface area contributed by atoms with Gasteiger partial charge in [-0.3, -0.25) is 0 Å². The number of aromatic nitrogens is 2. The number of fused-ring (bicyclic) bond motifs is 3. The Kier molecular flexibility index (Phi) is 2.60. The molecule has 5 heteroatoms. The van der Waals surface area contributed by atoms with E-state index in [2.05, 4.69) is 10.4 Å². The van der Waals surface area contributed by atoms with Crippen molar-refractivity contribution >= 4 is 22.4 Å². The minimum Gasteiger partial charge on any atom is -0.399 e. The second kappa shape index (κ2) is 4.48. The zero-order valence-electron chi connectivity index (χ0n) is 11.4. The van der Waals surface area contributed by atoms with Crippen molar-refractivity contribution in [2.45, 2.75) is 12.5 Å². The number of nitrogens with zero attached hydrogens (tertiary/aromatic N) is 2. The smallest absolute Gasteiger partial charge is 0.132 e. The highest BCUT2D eigenvalue weighted by Gasteiger charge is 2.24. The maximum Gasteiger partial charge on any atom is 0.132 e. The van der Waals surface area contributed by atoms with Gasteiger partial charge in [-0.2, -0.15) is 5.10 Å². The Morgan fingerprint density at radius 2 is 2.00 bits per heavy atom. The Morgan fingerprint density at radius 1 is 1.19 bits per heavy atom. The average Bonchev–Trinajstić information content (AvgIpc) is 2.85. The molecule has 0 radical (unpaired) electrons. The van der Waals surface area contributed by atoms with Crippen molar-refractivity contribution in [3.05, 3.63) is 53.8 Å². The fourth-order valence-corrected chi connectivity index (χ4v) is 2.97. The van der Waals surface area contributed by atoms with Crippen LogP contribution in [0.4, 0.5) is 15.9 Å². The van der Waals surface area contributed by atoms with E-state index in [1.165, 1.54) is 12.1 Å². The molecule has 0 saturated heterocycles. The molecule has 106 valence electrons. The minimum absolute atomic E-state index is 0.121. The monoisotopic (exact) mass is 282 g/mol. The molecule has 2 aromatic carbocycles. The highest BCUT2D eigenvalue weighted by Crippen LogP contribution is 2.34. The summed E-state index contributed by atoms with van der Waals surface area (Å²) in [7, 11) is 0. The molecule has 0 bridgehead atoms. The van der Waals surface area contributed by atoms with Crippen LogP contribution in [-0.4, -0.2) is 16.3 Å². The van der Waals surface area contributed by atoms with Crippen LogP contribution in [0.3, 0.4) is 0 Å². The fourth-order valence-electron chi connectivity index (χ4n) is 2.97. The van der Waals surface area contributed by atoms with E-state index in [1.54, 1.807) is 0 Å². The van der Waals surface area contributed by atoms with Gasteiger partial charge in [-0.15, -0.1) is 0 Å². The van der Waals surface area contributed by atoms with Crippen LogP contribution in [0.2, 0.25) is 0 Å². The summed E-state index contributed by atoms with van der Waals surface area (Å²) < 4.78 is 15.1. The Labute approximate surface area is 121 Å². The van der Waals surface area contributed by atoms with Crippen LogP contribution < -0.4 is 11.1 Å². The van der Waals surface area contributed by atoms with Crippen molar-refractivity contribution in [1.82, 2.24) is 9.78 Å². The van der Waals surface area contributed by atoms with Gasteiger partial charge >= 0.3 is 0 Å². The Bertz CT molecular complexity index is 807. The first-order chi connectivity index (χ1) is 10.2. The highest BCUT2D eigenvalue weighted by atomic mass is 19.1. The van der Waals surface area contributed by atoms with Gasteiger partial charge in [0, 0.05) is 17.6 Å². The van der Waals surface area contributed by atoms with E-state index in [0.717, 1.165) is 35.2 Å². The third kappa shape index (κ3) is 1.93. The maximum atomic E-state index is 13.1. The lowest BCUT2D eigenvalue weighted by Crippen LogP contribution is -2.24. The first kappa shape index (κ1) is 12.2. The molecular weight excluding hydrogens is 267 g/mol. The summed E-state index contributed by atoms with van der Waals surface area (Å²) in [5.74, 6) is 0.789. The van der Waals surface area contributed by atoms with Crippen LogP contribution >= 0.6 is 0 Å². The second-order valence-corrected chi connectivity index (χ2v) is 5.35. The van der Waals surface area contributed by atoms with E-state index >= 15 is 0 Å². The average molecular weight is 282 g/mol. The standard InChI is InChI=1S/C16H15FN4/c17-11-3-1-10(2-4-11)15-7-8-19-16-13-6-5-12(18)9-14(13)20-21(15)16/h1-6,9,15,19H,7-8,18H2. The predicted molar refractivity (Wildman–Crippen MR) is 81.8 cm³/mol. The van der Waals surface area contributed by atoms with Gasteiger partial charge < -0.3 is 11.1 Å². The molecule has 0 saturated carbocycles. The van der Waals surface area contributed by atoms with Gasteiger partial charge in [-0.1, -0.05) is 12.1 Å². The molecule has 2 heterocycles. The molecule has 0 spiro atoms. The molecule has 0 amide bonds. The predicted octanol–water partition coefficient (Wildman–Crippen LogP) is 3.16. The number of anilines is 2. The molecule has 1 aliphatic rings. The number of nitrogens with one attached hydrogen (secondary N) is 1. The van der Waals surface area contributed by atoms with E-state index in [0.29, 0.717) is 5.69 Å². The first-order valence-electron chi connectivity index (χ1n) is 6.99. The molecule has 3 N–H and O–H groups in total. The van der Waals surface area contributed by atoms with Crippen LogP contribution in [0, 0.1) is 5.82 Å². The van der Waals surface area contributed by atoms with Crippen LogP contribution in [0.15, 0.2) is 42.5 Å². The molecular formula is C16H15FN4. The van der Waals surface area contributed by atoms with Crippen molar-refractivity contribution in [3.63, 3.8) is 0 Å². The van der Waals surface area contributed by atoms with Crippen molar-refractivity contribution in [1.29, 1.82) is 0 Å². The van der Waals surface area contributed by atoms with Gasteiger partial charge in [-0.25, -0.2) is 9.07 Å². The molecule has 4 nitrogen and oxygen atoms in total. The van der Waals surface area contributed by atoms with Gasteiger partial charge in [0.05, 0.1) is 11.6 Å². The molecule has 1 atom stereocenters. The van der Waals surface area contributed by atoms with E-state index in [9.17, 15) is 4.39 Å². The molecule has 0 aliphatic carbocycles. The summed E-state index contributed by atoms with van der Waals surface area (Å²) in [5, 5.41) is 9.14. The summed E-state index contributed by atoms with van der Waals surface area (Å²) in [5.41, 5.74) is 8.49. The van der Waals surface area contributed by atoms with Gasteiger partial charge in [0.15, 0.2) is 0 Å². The summed E-state index contributed by atoms with van der Waals surface area (Å²) in [4.78, 5) is 0. The van der Waals surface area contributed by atoms with Crippen LogP contribution in [0.25, 0.3) is 10.9 Å². The highest BCUT2D eigenvalue weighted by molar-refractivity contribution is 5.92. The Morgan fingerprint density at radius 3 is 2.81 bits per heavy atom. The van der Waals surface area contributed by atoms with Gasteiger partial charge in [0.2, 0.25) is 0 Å². The van der Waals surface area contributed by atoms with Crippen molar-refractivity contribution in [3.8, 4) is 0 Å². The molecule has 1 unspecified atom stereocenters. The fraction of sp³-hybridized carbons (Fsp3) is 0.188. The number of halogens is 1. The number of benzene rings is 2. The number of hydrogen-bond donors (Lipinski definition) is 2. The lowest BCUT2D eigenvalue weighted by atomic mass is 10.0. The van der Waals surface area contributed by atoms with Crippen molar-refractivity contribution in [2.24, 2.45) is 0 Å². The van der Waals surface area contributed by atoms with Gasteiger partial charge in [0.1, 0.15) is 11.6 Å². The molecule has 0 fully saturated rings. The van der Waals surface area contributed by atoms with Crippen molar-refractivity contribution in [2.75, 3.05) is 17.6 Å². The normalized spacial score (nSPS) is 17.5. The van der Waals surface area contributed by atoms with Crippen LogP contribution in [0.1, 0.15) is 18.0 Å². The number of nitrogens with two attached hydrogens (primary N) is 1. The Balaban J connectivity index is 1.87. The Hall–Kier alpha value is -2.56. The SMILES string of the molecule is Nc1ccc2c3n(nc2c1)C(c1ccc(F)cc1)CCN3. The lowest BCUT2D eigenvalue weighted by molar-refractivity contribution is 0.484. The minimum atomic E-state index is -0.216. The number of rotatable bonds is 1. The topological polar surface area (TPSA) is 55.9 Å². The largest absolute Gasteiger partial charge is 0.399 e. The van der Waals surface area contributed by atoms with Gasteiger partial charge in [-0.05, 0) is 42.3 Å². The quantitative estimate of drug-likeness (QED) is 0.674. The maximum absolute atomic E-state index is 13.1. The van der Waals surface area contributed by atoms with E-state index in [4.69, 9.17) is 5.73 Å². The molecule has 4 rings (SSSR count). The number of hydrogen-bond acceptors (Lipinski definition) is 3.